The first-order valence-corrected chi connectivity index (χ1v) is 9.70. The van der Waals surface area contributed by atoms with Crippen LogP contribution in [0, 0.1) is 13.8 Å². The van der Waals surface area contributed by atoms with Crippen molar-refractivity contribution < 1.29 is 9.59 Å². The molecule has 2 aromatic carbocycles. The van der Waals surface area contributed by atoms with Crippen LogP contribution in [0.1, 0.15) is 28.2 Å². The zero-order valence-electron chi connectivity index (χ0n) is 15.7. The van der Waals surface area contributed by atoms with E-state index in [-0.39, 0.29) is 24.8 Å². The van der Waals surface area contributed by atoms with Gasteiger partial charge in [-0.15, -0.1) is 0 Å². The summed E-state index contributed by atoms with van der Waals surface area (Å²) in [5.74, 6) is -0.375. The standard InChI is InChI=1S/C21H21BrN4O2/c1-14-20(15(2)26(25-14)18-6-4-3-5-7-18)24-19(27)12-13-23-21(28)16-8-10-17(22)11-9-16/h3-11H,12-13H2,1-2H3,(H,23,28)(H,24,27). The number of rotatable bonds is 6. The second kappa shape index (κ2) is 8.84. The summed E-state index contributed by atoms with van der Waals surface area (Å²) < 4.78 is 2.71. The van der Waals surface area contributed by atoms with Crippen molar-refractivity contribution >= 4 is 33.4 Å². The van der Waals surface area contributed by atoms with Crippen molar-refractivity contribution in [3.05, 3.63) is 76.0 Å². The first-order chi connectivity index (χ1) is 13.5. The van der Waals surface area contributed by atoms with E-state index in [9.17, 15) is 9.59 Å². The van der Waals surface area contributed by atoms with Gasteiger partial charge in [-0.3, -0.25) is 9.59 Å². The molecule has 0 aliphatic heterocycles. The van der Waals surface area contributed by atoms with Gasteiger partial charge in [0.05, 0.1) is 22.8 Å². The zero-order valence-corrected chi connectivity index (χ0v) is 17.3. The van der Waals surface area contributed by atoms with Crippen LogP contribution in [0.2, 0.25) is 0 Å². The molecule has 2 amide bonds. The van der Waals surface area contributed by atoms with Gasteiger partial charge in [0, 0.05) is 23.0 Å². The molecule has 144 valence electrons. The number of aryl methyl sites for hydroxylation is 1. The Hall–Kier alpha value is -2.93. The van der Waals surface area contributed by atoms with Gasteiger partial charge in [-0.25, -0.2) is 4.68 Å². The average Bonchev–Trinajstić information content (AvgIpc) is 2.97. The third-order valence-electron chi connectivity index (χ3n) is 4.30. The van der Waals surface area contributed by atoms with Gasteiger partial charge in [-0.2, -0.15) is 5.10 Å². The fourth-order valence-electron chi connectivity index (χ4n) is 2.84. The molecule has 0 spiro atoms. The maximum atomic E-state index is 12.3. The molecule has 0 radical (unpaired) electrons. The molecule has 3 aromatic rings. The Morgan fingerprint density at radius 3 is 2.39 bits per heavy atom. The second-order valence-corrected chi connectivity index (χ2v) is 7.27. The van der Waals surface area contributed by atoms with Crippen molar-refractivity contribution in [2.45, 2.75) is 20.3 Å². The first kappa shape index (κ1) is 19.8. The molecular weight excluding hydrogens is 420 g/mol. The van der Waals surface area contributed by atoms with Crippen LogP contribution in [0.25, 0.3) is 5.69 Å². The lowest BCUT2D eigenvalue weighted by Crippen LogP contribution is -2.27. The summed E-state index contributed by atoms with van der Waals surface area (Å²) in [5.41, 5.74) is 3.79. The number of nitrogens with one attached hydrogen (secondary N) is 2. The Balaban J connectivity index is 1.57. The van der Waals surface area contributed by atoms with E-state index in [0.29, 0.717) is 11.3 Å². The van der Waals surface area contributed by atoms with Crippen LogP contribution >= 0.6 is 15.9 Å². The largest absolute Gasteiger partial charge is 0.352 e. The highest BCUT2D eigenvalue weighted by Gasteiger charge is 2.15. The van der Waals surface area contributed by atoms with E-state index >= 15 is 0 Å². The minimum atomic E-state index is -0.204. The van der Waals surface area contributed by atoms with Crippen molar-refractivity contribution in [1.29, 1.82) is 0 Å². The number of amides is 2. The van der Waals surface area contributed by atoms with Crippen molar-refractivity contribution in [3.8, 4) is 5.69 Å². The Kier molecular flexibility index (Phi) is 6.26. The SMILES string of the molecule is Cc1nn(-c2ccccc2)c(C)c1NC(=O)CCNC(=O)c1ccc(Br)cc1. The number of hydrogen-bond donors (Lipinski definition) is 2. The van der Waals surface area contributed by atoms with Crippen LogP contribution < -0.4 is 10.6 Å². The van der Waals surface area contributed by atoms with Gasteiger partial charge in [0.15, 0.2) is 0 Å². The summed E-state index contributed by atoms with van der Waals surface area (Å²) in [4.78, 5) is 24.4. The molecule has 1 heterocycles. The first-order valence-electron chi connectivity index (χ1n) is 8.91. The lowest BCUT2D eigenvalue weighted by Gasteiger charge is -2.08. The molecule has 0 atom stereocenters. The molecular formula is C21H21BrN4O2. The molecule has 7 heteroatoms. The van der Waals surface area contributed by atoms with Crippen molar-refractivity contribution in [3.63, 3.8) is 0 Å². The minimum absolute atomic E-state index is 0.171. The maximum Gasteiger partial charge on any atom is 0.251 e. The fourth-order valence-corrected chi connectivity index (χ4v) is 3.10. The maximum absolute atomic E-state index is 12.3. The van der Waals surface area contributed by atoms with Crippen LogP contribution in [0.3, 0.4) is 0 Å². The summed E-state index contributed by atoms with van der Waals surface area (Å²) in [6.07, 6.45) is 0.178. The summed E-state index contributed by atoms with van der Waals surface area (Å²) in [6.45, 7) is 4.03. The Morgan fingerprint density at radius 2 is 1.71 bits per heavy atom. The second-order valence-electron chi connectivity index (χ2n) is 6.35. The van der Waals surface area contributed by atoms with Crippen LogP contribution in [0.15, 0.2) is 59.1 Å². The van der Waals surface area contributed by atoms with E-state index in [0.717, 1.165) is 21.5 Å². The average molecular weight is 441 g/mol. The summed E-state index contributed by atoms with van der Waals surface area (Å²) >= 11 is 3.33. The van der Waals surface area contributed by atoms with Crippen LogP contribution in [0.4, 0.5) is 5.69 Å². The van der Waals surface area contributed by atoms with Crippen molar-refractivity contribution in [1.82, 2.24) is 15.1 Å². The highest BCUT2D eigenvalue weighted by atomic mass is 79.9. The number of carbonyl (C=O) groups is 2. The van der Waals surface area contributed by atoms with Crippen molar-refractivity contribution in [2.24, 2.45) is 0 Å². The van der Waals surface area contributed by atoms with Gasteiger partial charge >= 0.3 is 0 Å². The quantitative estimate of drug-likeness (QED) is 0.607. The van der Waals surface area contributed by atoms with E-state index in [1.807, 2.05) is 44.2 Å². The van der Waals surface area contributed by atoms with E-state index in [1.165, 1.54) is 0 Å². The van der Waals surface area contributed by atoms with Gasteiger partial charge in [-0.05, 0) is 50.2 Å². The van der Waals surface area contributed by atoms with E-state index < -0.39 is 0 Å². The predicted octanol–water partition coefficient (Wildman–Crippen LogP) is 4.01. The summed E-state index contributed by atoms with van der Waals surface area (Å²) in [5, 5.41) is 10.2. The van der Waals surface area contributed by atoms with Crippen LogP contribution in [-0.4, -0.2) is 28.1 Å². The van der Waals surface area contributed by atoms with Gasteiger partial charge in [0.1, 0.15) is 0 Å². The van der Waals surface area contributed by atoms with Gasteiger partial charge in [0.25, 0.3) is 5.91 Å². The van der Waals surface area contributed by atoms with E-state index in [2.05, 4.69) is 31.7 Å². The number of hydrogen-bond acceptors (Lipinski definition) is 3. The van der Waals surface area contributed by atoms with E-state index in [1.54, 1.807) is 28.9 Å². The molecule has 0 saturated carbocycles. The summed E-state index contributed by atoms with van der Waals surface area (Å²) in [6, 6.07) is 16.8. The van der Waals surface area contributed by atoms with E-state index in [4.69, 9.17) is 0 Å². The molecule has 6 nitrogen and oxygen atoms in total. The zero-order chi connectivity index (χ0) is 20.1. The topological polar surface area (TPSA) is 76.0 Å². The molecule has 28 heavy (non-hydrogen) atoms. The van der Waals surface area contributed by atoms with Gasteiger partial charge in [-0.1, -0.05) is 34.1 Å². The Bertz CT molecular complexity index is 982. The van der Waals surface area contributed by atoms with Crippen LogP contribution in [-0.2, 0) is 4.79 Å². The molecule has 0 saturated heterocycles. The minimum Gasteiger partial charge on any atom is -0.352 e. The van der Waals surface area contributed by atoms with Gasteiger partial charge < -0.3 is 10.6 Å². The third-order valence-corrected chi connectivity index (χ3v) is 4.83. The number of benzene rings is 2. The van der Waals surface area contributed by atoms with Crippen molar-refractivity contribution in [2.75, 3.05) is 11.9 Å². The Morgan fingerprint density at radius 1 is 1.04 bits per heavy atom. The molecule has 0 fully saturated rings. The predicted molar refractivity (Wildman–Crippen MR) is 113 cm³/mol. The number of halogens is 1. The summed E-state index contributed by atoms with van der Waals surface area (Å²) in [7, 11) is 0. The molecule has 1 aromatic heterocycles. The lowest BCUT2D eigenvalue weighted by atomic mass is 10.2. The highest BCUT2D eigenvalue weighted by molar-refractivity contribution is 9.10. The number of anilines is 1. The number of para-hydroxylation sites is 1. The smallest absolute Gasteiger partial charge is 0.251 e. The molecule has 0 aliphatic rings. The molecule has 2 N–H and O–H groups in total. The molecule has 0 aliphatic carbocycles. The Labute approximate surface area is 172 Å². The number of aromatic nitrogens is 2. The van der Waals surface area contributed by atoms with Crippen LogP contribution in [0.5, 0.6) is 0 Å². The molecule has 0 bridgehead atoms. The normalized spacial score (nSPS) is 10.5. The fraction of sp³-hybridized carbons (Fsp3) is 0.190. The monoisotopic (exact) mass is 440 g/mol. The lowest BCUT2D eigenvalue weighted by molar-refractivity contribution is -0.116. The third kappa shape index (κ3) is 4.67. The number of nitrogens with zero attached hydrogens (tertiary/aromatic N) is 2. The van der Waals surface area contributed by atoms with Gasteiger partial charge in [0.2, 0.25) is 5.91 Å². The molecule has 3 rings (SSSR count). The number of carbonyl (C=O) groups excluding carboxylic acids is 2. The highest BCUT2D eigenvalue weighted by Crippen LogP contribution is 2.22. The molecule has 0 unspecified atom stereocenters.